The van der Waals surface area contributed by atoms with Crippen molar-refractivity contribution in [3.8, 4) is 17.6 Å². The fourth-order valence-electron chi connectivity index (χ4n) is 2.27. The van der Waals surface area contributed by atoms with E-state index in [0.717, 1.165) is 12.1 Å². The van der Waals surface area contributed by atoms with Crippen LogP contribution in [-0.4, -0.2) is 10.2 Å². The van der Waals surface area contributed by atoms with E-state index >= 15 is 0 Å². The van der Waals surface area contributed by atoms with Crippen LogP contribution < -0.4 is 10.3 Å². The number of H-pyrrole nitrogens is 1. The number of aromatic nitrogens is 2. The van der Waals surface area contributed by atoms with Gasteiger partial charge in [0.2, 0.25) is 0 Å². The van der Waals surface area contributed by atoms with Crippen LogP contribution in [-0.2, 0) is 6.42 Å². The maximum Gasteiger partial charge on any atom is 0.264 e. The molecule has 0 radical (unpaired) electrons. The Hall–Kier alpha value is -3.24. The van der Waals surface area contributed by atoms with Crippen molar-refractivity contribution in [1.82, 2.24) is 10.2 Å². The second-order valence-corrected chi connectivity index (χ2v) is 5.74. The summed E-state index contributed by atoms with van der Waals surface area (Å²) in [5.41, 5.74) is 0.328. The number of ether oxygens (including phenoxy) is 1. The van der Waals surface area contributed by atoms with E-state index in [1.165, 1.54) is 30.3 Å². The highest BCUT2D eigenvalue weighted by molar-refractivity contribution is 6.32. The van der Waals surface area contributed by atoms with Crippen LogP contribution >= 0.6 is 11.6 Å². The topological polar surface area (TPSA) is 78.8 Å². The molecule has 0 unspecified atom stereocenters. The number of benzene rings is 2. The number of rotatable bonds is 4. The van der Waals surface area contributed by atoms with Crippen molar-refractivity contribution >= 4 is 11.6 Å². The van der Waals surface area contributed by atoms with E-state index in [4.69, 9.17) is 21.6 Å². The van der Waals surface area contributed by atoms with Gasteiger partial charge in [0.05, 0.1) is 22.3 Å². The minimum atomic E-state index is -0.742. The molecule has 0 aliphatic rings. The fraction of sp³-hybridized carbons (Fsp3) is 0.0556. The van der Waals surface area contributed by atoms with Gasteiger partial charge in [0.25, 0.3) is 5.56 Å². The molecular weight excluding hydrogens is 364 g/mol. The first kappa shape index (κ1) is 17.6. The van der Waals surface area contributed by atoms with Crippen molar-refractivity contribution in [2.75, 3.05) is 0 Å². The lowest BCUT2D eigenvalue weighted by atomic mass is 10.1. The molecule has 0 saturated heterocycles. The molecule has 0 fully saturated rings. The Morgan fingerprint density at radius 3 is 2.69 bits per heavy atom. The summed E-state index contributed by atoms with van der Waals surface area (Å²) in [6.45, 7) is 0. The van der Waals surface area contributed by atoms with Crippen LogP contribution in [0, 0.1) is 23.0 Å². The largest absolute Gasteiger partial charge is 0.453 e. The molecule has 3 rings (SSSR count). The number of halogens is 3. The molecule has 3 aromatic rings. The van der Waals surface area contributed by atoms with Gasteiger partial charge in [0, 0.05) is 18.6 Å². The molecule has 8 heteroatoms. The van der Waals surface area contributed by atoms with Crippen molar-refractivity contribution in [1.29, 1.82) is 5.26 Å². The summed E-state index contributed by atoms with van der Waals surface area (Å²) in [5, 5.41) is 15.0. The van der Waals surface area contributed by atoms with E-state index in [1.54, 1.807) is 6.07 Å². The minimum Gasteiger partial charge on any atom is -0.453 e. The number of nitrogens with one attached hydrogen (secondary N) is 1. The zero-order valence-electron chi connectivity index (χ0n) is 13.1. The van der Waals surface area contributed by atoms with Crippen LogP contribution in [0.2, 0.25) is 5.02 Å². The Labute approximate surface area is 151 Å². The van der Waals surface area contributed by atoms with Crippen molar-refractivity contribution in [2.24, 2.45) is 0 Å². The first-order chi connectivity index (χ1) is 12.5. The summed E-state index contributed by atoms with van der Waals surface area (Å²) in [6, 6.07) is 10.8. The average molecular weight is 374 g/mol. The summed E-state index contributed by atoms with van der Waals surface area (Å²) in [6.07, 6.45) is 0.0861. The lowest BCUT2D eigenvalue weighted by molar-refractivity contribution is 0.436. The van der Waals surface area contributed by atoms with Crippen LogP contribution in [0.4, 0.5) is 8.78 Å². The zero-order chi connectivity index (χ0) is 18.7. The Balaban J connectivity index is 1.95. The number of nitrogens with zero attached hydrogens (tertiary/aromatic N) is 2. The van der Waals surface area contributed by atoms with Gasteiger partial charge in [-0.2, -0.15) is 10.4 Å². The Morgan fingerprint density at radius 1 is 1.19 bits per heavy atom. The van der Waals surface area contributed by atoms with Gasteiger partial charge in [-0.15, -0.1) is 0 Å². The molecular formula is C18H10ClF2N3O2. The van der Waals surface area contributed by atoms with Crippen molar-refractivity contribution in [3.63, 3.8) is 0 Å². The highest BCUT2D eigenvalue weighted by Crippen LogP contribution is 2.35. The summed E-state index contributed by atoms with van der Waals surface area (Å²) in [7, 11) is 0. The average Bonchev–Trinajstić information content (AvgIpc) is 2.62. The molecule has 1 heterocycles. The molecule has 2 aromatic carbocycles. The maximum atomic E-state index is 14.8. The van der Waals surface area contributed by atoms with E-state index in [9.17, 15) is 13.6 Å². The molecule has 0 aliphatic carbocycles. The molecule has 0 saturated carbocycles. The van der Waals surface area contributed by atoms with Crippen molar-refractivity contribution in [3.05, 3.63) is 86.3 Å². The quantitative estimate of drug-likeness (QED) is 0.750. The minimum absolute atomic E-state index is 0.0107. The first-order valence-electron chi connectivity index (χ1n) is 7.36. The maximum absolute atomic E-state index is 14.8. The van der Waals surface area contributed by atoms with Gasteiger partial charge >= 0.3 is 0 Å². The molecule has 26 heavy (non-hydrogen) atoms. The summed E-state index contributed by atoms with van der Waals surface area (Å²) in [4.78, 5) is 11.0. The molecule has 0 amide bonds. The second kappa shape index (κ2) is 7.33. The predicted octanol–water partition coefficient (Wildman–Crippen LogP) is 3.96. The van der Waals surface area contributed by atoms with Gasteiger partial charge in [-0.3, -0.25) is 4.79 Å². The third kappa shape index (κ3) is 3.87. The number of aromatic amines is 1. The first-order valence-corrected chi connectivity index (χ1v) is 7.74. The van der Waals surface area contributed by atoms with Gasteiger partial charge in [-0.1, -0.05) is 17.7 Å². The van der Waals surface area contributed by atoms with Crippen molar-refractivity contribution < 1.29 is 13.5 Å². The Bertz CT molecular complexity index is 1060. The number of hydrogen-bond donors (Lipinski definition) is 1. The monoisotopic (exact) mass is 373 g/mol. The Morgan fingerprint density at radius 2 is 2.00 bits per heavy atom. The van der Waals surface area contributed by atoms with Crippen LogP contribution in [0.1, 0.15) is 16.8 Å². The number of hydrogen-bond acceptors (Lipinski definition) is 4. The second-order valence-electron chi connectivity index (χ2n) is 5.33. The SMILES string of the molecule is N#Cc1cc(F)cc(Oc2c(Cl)ccc(Cc3ccc(=O)[nH]n3)c2F)c1. The third-order valence-corrected chi connectivity index (χ3v) is 3.76. The lowest BCUT2D eigenvalue weighted by Gasteiger charge is -2.12. The molecule has 0 aliphatic heterocycles. The van der Waals surface area contributed by atoms with Crippen LogP contribution in [0.5, 0.6) is 11.5 Å². The highest BCUT2D eigenvalue weighted by atomic mass is 35.5. The molecule has 130 valence electrons. The van der Waals surface area contributed by atoms with Crippen LogP contribution in [0.25, 0.3) is 0 Å². The zero-order valence-corrected chi connectivity index (χ0v) is 13.8. The van der Waals surface area contributed by atoms with Gasteiger partial charge in [-0.05, 0) is 29.8 Å². The van der Waals surface area contributed by atoms with E-state index in [1.807, 2.05) is 0 Å². The van der Waals surface area contributed by atoms with Gasteiger partial charge in [-0.25, -0.2) is 13.9 Å². The molecule has 1 N–H and O–H groups in total. The van der Waals surface area contributed by atoms with Crippen LogP contribution in [0.15, 0.2) is 47.3 Å². The van der Waals surface area contributed by atoms with Crippen molar-refractivity contribution in [2.45, 2.75) is 6.42 Å². The molecule has 0 spiro atoms. The lowest BCUT2D eigenvalue weighted by Crippen LogP contribution is -2.08. The predicted molar refractivity (Wildman–Crippen MR) is 90.3 cm³/mol. The summed E-state index contributed by atoms with van der Waals surface area (Å²) < 4.78 is 33.7. The smallest absolute Gasteiger partial charge is 0.264 e. The number of nitriles is 1. The van der Waals surface area contributed by atoms with Gasteiger partial charge in [0.15, 0.2) is 11.6 Å². The molecule has 0 atom stereocenters. The van der Waals surface area contributed by atoms with E-state index < -0.39 is 11.6 Å². The molecule has 0 bridgehead atoms. The van der Waals surface area contributed by atoms with E-state index in [-0.39, 0.29) is 39.6 Å². The highest BCUT2D eigenvalue weighted by Gasteiger charge is 2.16. The van der Waals surface area contributed by atoms with Gasteiger partial charge in [0.1, 0.15) is 11.6 Å². The van der Waals surface area contributed by atoms with Crippen LogP contribution in [0.3, 0.4) is 0 Å². The normalized spacial score (nSPS) is 10.4. The standard InChI is InChI=1S/C18H10ClF2N3O2/c19-15-3-1-11(7-13-2-4-16(25)24-23-13)17(21)18(15)26-14-6-10(9-22)5-12(20)8-14/h1-6,8H,7H2,(H,24,25). The fourth-order valence-corrected chi connectivity index (χ4v) is 2.46. The summed E-state index contributed by atoms with van der Waals surface area (Å²) >= 11 is 6.00. The van der Waals surface area contributed by atoms with Gasteiger partial charge < -0.3 is 4.74 Å². The summed E-state index contributed by atoms with van der Waals surface area (Å²) in [5.74, 6) is -1.78. The third-order valence-electron chi connectivity index (χ3n) is 3.46. The van der Waals surface area contributed by atoms with E-state index in [2.05, 4.69) is 10.2 Å². The Kier molecular flexibility index (Phi) is 4.96. The molecule has 5 nitrogen and oxygen atoms in total. The molecule has 1 aromatic heterocycles. The van der Waals surface area contributed by atoms with E-state index in [0.29, 0.717) is 5.69 Å².